The molecule has 5 heteroatoms. The number of nitrogens with zero attached hydrogens (tertiary/aromatic N) is 1. The minimum atomic E-state index is -1.55. The highest BCUT2D eigenvalue weighted by Crippen LogP contribution is 1.96. The first-order valence-corrected chi connectivity index (χ1v) is 3.80. The molecular formula is C8H12N3O2+. The molecule has 0 fully saturated rings. The lowest BCUT2D eigenvalue weighted by Gasteiger charge is -2.16. The molecular weight excluding hydrogens is 170 g/mol. The quantitative estimate of drug-likeness (QED) is 0.503. The molecule has 0 aliphatic carbocycles. The van der Waals surface area contributed by atoms with Gasteiger partial charge in [-0.2, -0.15) is 4.57 Å². The summed E-state index contributed by atoms with van der Waals surface area (Å²) in [5.74, 6) is -1.15. The lowest BCUT2D eigenvalue weighted by molar-refractivity contribution is -0.747. The molecule has 13 heavy (non-hydrogen) atoms. The standard InChI is InChI=1S/C8H11N3O2/c9-6-8(10,7(12)13)11-4-2-1-3-5-11/h1-5H,6,9-10H2/p+1. The Bertz CT molecular complexity index is 302. The van der Waals surface area contributed by atoms with Crippen LogP contribution in [0.2, 0.25) is 0 Å². The van der Waals surface area contributed by atoms with Crippen LogP contribution in [-0.4, -0.2) is 17.6 Å². The van der Waals surface area contributed by atoms with Gasteiger partial charge in [0.2, 0.25) is 0 Å². The van der Waals surface area contributed by atoms with E-state index in [2.05, 4.69) is 0 Å². The summed E-state index contributed by atoms with van der Waals surface area (Å²) < 4.78 is 1.37. The van der Waals surface area contributed by atoms with Gasteiger partial charge in [-0.25, -0.2) is 4.79 Å². The van der Waals surface area contributed by atoms with Crippen molar-refractivity contribution in [2.24, 2.45) is 11.5 Å². The minimum absolute atomic E-state index is 0.156. The number of rotatable bonds is 3. The molecule has 1 unspecified atom stereocenters. The number of carboxylic acids is 1. The monoisotopic (exact) mass is 182 g/mol. The average Bonchev–Trinajstić information content (AvgIpc) is 2.17. The summed E-state index contributed by atoms with van der Waals surface area (Å²) in [6.45, 7) is -0.156. The van der Waals surface area contributed by atoms with Crippen LogP contribution < -0.4 is 16.0 Å². The van der Waals surface area contributed by atoms with Crippen molar-refractivity contribution >= 4 is 5.97 Å². The van der Waals surface area contributed by atoms with Crippen molar-refractivity contribution < 1.29 is 14.5 Å². The molecule has 1 heterocycles. The van der Waals surface area contributed by atoms with Crippen molar-refractivity contribution in [3.05, 3.63) is 30.6 Å². The highest BCUT2D eigenvalue weighted by atomic mass is 16.4. The fourth-order valence-corrected chi connectivity index (χ4v) is 0.968. The van der Waals surface area contributed by atoms with Gasteiger partial charge in [0.1, 0.15) is 0 Å². The summed E-state index contributed by atoms with van der Waals surface area (Å²) in [5.41, 5.74) is 9.36. The second-order valence-corrected chi connectivity index (χ2v) is 2.72. The van der Waals surface area contributed by atoms with E-state index in [1.807, 2.05) is 0 Å². The van der Waals surface area contributed by atoms with E-state index in [0.29, 0.717) is 0 Å². The molecule has 0 aromatic carbocycles. The number of hydrogen-bond donors (Lipinski definition) is 3. The Hall–Kier alpha value is -1.46. The zero-order valence-corrected chi connectivity index (χ0v) is 7.05. The maximum atomic E-state index is 10.8. The van der Waals surface area contributed by atoms with Gasteiger partial charge in [0.05, 0.1) is 6.54 Å². The van der Waals surface area contributed by atoms with Gasteiger partial charge < -0.3 is 10.8 Å². The molecule has 0 amide bonds. The molecule has 70 valence electrons. The van der Waals surface area contributed by atoms with Gasteiger partial charge in [-0.1, -0.05) is 6.07 Å². The van der Waals surface area contributed by atoms with E-state index >= 15 is 0 Å². The van der Waals surface area contributed by atoms with E-state index in [1.165, 1.54) is 4.57 Å². The predicted octanol–water partition coefficient (Wildman–Crippen LogP) is -1.37. The second kappa shape index (κ2) is 3.51. The van der Waals surface area contributed by atoms with Crippen LogP contribution in [-0.2, 0) is 10.5 Å². The highest BCUT2D eigenvalue weighted by molar-refractivity contribution is 5.73. The fraction of sp³-hybridized carbons (Fsp3) is 0.250. The molecule has 1 aromatic heterocycles. The molecule has 0 bridgehead atoms. The van der Waals surface area contributed by atoms with Crippen molar-refractivity contribution in [3.63, 3.8) is 0 Å². The number of aromatic nitrogens is 1. The number of carboxylic acid groups (broad SMARTS) is 1. The lowest BCUT2D eigenvalue weighted by atomic mass is 10.2. The predicted molar refractivity (Wildman–Crippen MR) is 45.5 cm³/mol. The third-order valence-electron chi connectivity index (χ3n) is 1.86. The topological polar surface area (TPSA) is 93.2 Å². The van der Waals surface area contributed by atoms with Gasteiger partial charge in [-0.15, -0.1) is 0 Å². The molecule has 0 spiro atoms. The number of carbonyl (C=O) groups is 1. The van der Waals surface area contributed by atoms with E-state index in [0.717, 1.165) is 0 Å². The smallest absolute Gasteiger partial charge is 0.394 e. The van der Waals surface area contributed by atoms with Gasteiger partial charge in [0, 0.05) is 12.1 Å². The van der Waals surface area contributed by atoms with E-state index < -0.39 is 11.6 Å². The first-order chi connectivity index (χ1) is 6.11. The molecule has 5 N–H and O–H groups in total. The Morgan fingerprint density at radius 2 is 1.92 bits per heavy atom. The largest absolute Gasteiger partial charge is 0.475 e. The summed E-state index contributed by atoms with van der Waals surface area (Å²) in [6.07, 6.45) is 3.14. The van der Waals surface area contributed by atoms with Gasteiger partial charge in [-0.05, 0) is 0 Å². The van der Waals surface area contributed by atoms with Crippen molar-refractivity contribution in [1.29, 1.82) is 0 Å². The van der Waals surface area contributed by atoms with E-state index in [4.69, 9.17) is 16.6 Å². The van der Waals surface area contributed by atoms with Crippen LogP contribution in [0.1, 0.15) is 0 Å². The Balaban J connectivity index is 3.11. The number of hydrogen-bond acceptors (Lipinski definition) is 3. The van der Waals surface area contributed by atoms with Crippen LogP contribution >= 0.6 is 0 Å². The van der Waals surface area contributed by atoms with Crippen LogP contribution in [0.25, 0.3) is 0 Å². The molecule has 5 nitrogen and oxygen atoms in total. The molecule has 0 aliphatic heterocycles. The summed E-state index contributed by atoms with van der Waals surface area (Å²) in [6, 6.07) is 5.16. The molecule has 0 radical (unpaired) electrons. The van der Waals surface area contributed by atoms with Crippen molar-refractivity contribution in [3.8, 4) is 0 Å². The first kappa shape index (κ1) is 9.63. The summed E-state index contributed by atoms with van der Waals surface area (Å²) in [4.78, 5) is 10.8. The third-order valence-corrected chi connectivity index (χ3v) is 1.86. The summed E-state index contributed by atoms with van der Waals surface area (Å²) in [7, 11) is 0. The number of nitrogens with two attached hydrogens (primary N) is 2. The molecule has 1 aromatic rings. The second-order valence-electron chi connectivity index (χ2n) is 2.72. The molecule has 0 saturated carbocycles. The van der Waals surface area contributed by atoms with Crippen LogP contribution in [0, 0.1) is 0 Å². The maximum Gasteiger partial charge on any atom is 0.394 e. The van der Waals surface area contributed by atoms with Crippen LogP contribution in [0.3, 0.4) is 0 Å². The summed E-state index contributed by atoms with van der Waals surface area (Å²) in [5, 5.41) is 8.86. The van der Waals surface area contributed by atoms with Crippen molar-refractivity contribution in [2.45, 2.75) is 5.66 Å². The first-order valence-electron chi connectivity index (χ1n) is 3.80. The third kappa shape index (κ3) is 1.66. The molecule has 0 aliphatic rings. The van der Waals surface area contributed by atoms with Crippen LogP contribution in [0.4, 0.5) is 0 Å². The Morgan fingerprint density at radius 1 is 1.38 bits per heavy atom. The highest BCUT2D eigenvalue weighted by Gasteiger charge is 2.42. The minimum Gasteiger partial charge on any atom is -0.475 e. The maximum absolute atomic E-state index is 10.8. The Labute approximate surface area is 75.6 Å². The normalized spacial score (nSPS) is 14.9. The van der Waals surface area contributed by atoms with Gasteiger partial charge >= 0.3 is 11.6 Å². The van der Waals surface area contributed by atoms with E-state index in [1.54, 1.807) is 30.6 Å². The SMILES string of the molecule is NCC(N)(C(=O)O)[n+]1ccccc1. The fourth-order valence-electron chi connectivity index (χ4n) is 0.968. The van der Waals surface area contributed by atoms with E-state index in [-0.39, 0.29) is 6.54 Å². The van der Waals surface area contributed by atoms with Gasteiger partial charge in [0.25, 0.3) is 0 Å². The van der Waals surface area contributed by atoms with Gasteiger partial charge in [-0.3, -0.25) is 5.73 Å². The Morgan fingerprint density at radius 3 is 2.31 bits per heavy atom. The van der Waals surface area contributed by atoms with Crippen molar-refractivity contribution in [1.82, 2.24) is 0 Å². The number of aliphatic carboxylic acids is 1. The van der Waals surface area contributed by atoms with E-state index in [9.17, 15) is 4.79 Å². The lowest BCUT2D eigenvalue weighted by Crippen LogP contribution is -2.70. The average molecular weight is 182 g/mol. The van der Waals surface area contributed by atoms with Crippen LogP contribution in [0.15, 0.2) is 30.6 Å². The Kier molecular flexibility index (Phi) is 2.60. The molecule has 1 atom stereocenters. The zero-order valence-electron chi connectivity index (χ0n) is 7.05. The number of pyridine rings is 1. The summed E-state index contributed by atoms with van der Waals surface area (Å²) >= 11 is 0. The van der Waals surface area contributed by atoms with Gasteiger partial charge in [0.15, 0.2) is 12.4 Å². The van der Waals surface area contributed by atoms with Crippen LogP contribution in [0.5, 0.6) is 0 Å². The molecule has 1 rings (SSSR count). The zero-order chi connectivity index (χ0) is 9.90. The van der Waals surface area contributed by atoms with Crippen molar-refractivity contribution in [2.75, 3.05) is 6.54 Å². The molecule has 0 saturated heterocycles.